The lowest BCUT2D eigenvalue weighted by Gasteiger charge is -2.32. The molecule has 0 spiro atoms. The molecule has 3 rings (SSSR count). The third-order valence-electron chi connectivity index (χ3n) is 6.69. The number of ether oxygens (including phenoxy) is 2. The molecule has 2 atom stereocenters. The molecule has 41 heavy (non-hydrogen) atoms. The van der Waals surface area contributed by atoms with Gasteiger partial charge in [0.25, 0.3) is 10.0 Å². The number of anilines is 1. The van der Waals surface area contributed by atoms with Gasteiger partial charge in [0.1, 0.15) is 24.1 Å². The standard InChI is InChI=1S/C30H36ClN3O6S/c1-6-21(2)32-30(36)22(3)33(19-23-10-9-11-24(31)18-23)29(35)20-34(27-12-7-8-13-28(27)40-5)41(37,38)26-16-14-25(39-4)15-17-26/h7-18,21-22H,6,19-20H2,1-5H3,(H,32,36)/t21-,22+/m1/s1. The lowest BCUT2D eigenvalue weighted by Crippen LogP contribution is -2.52. The number of hydrogen-bond donors (Lipinski definition) is 1. The number of nitrogens with zero attached hydrogens (tertiary/aromatic N) is 2. The molecule has 0 aliphatic carbocycles. The average Bonchev–Trinajstić information content (AvgIpc) is 2.98. The molecule has 1 N–H and O–H groups in total. The van der Waals surface area contributed by atoms with Crippen LogP contribution in [0.25, 0.3) is 0 Å². The van der Waals surface area contributed by atoms with Gasteiger partial charge in [-0.3, -0.25) is 13.9 Å². The predicted octanol–water partition coefficient (Wildman–Crippen LogP) is 4.88. The zero-order chi connectivity index (χ0) is 30.2. The first-order chi connectivity index (χ1) is 19.5. The van der Waals surface area contributed by atoms with E-state index >= 15 is 0 Å². The molecule has 0 radical (unpaired) electrons. The maximum atomic E-state index is 14.0. The van der Waals surface area contributed by atoms with Gasteiger partial charge in [0.15, 0.2) is 0 Å². The van der Waals surface area contributed by atoms with Crippen LogP contribution in [0.5, 0.6) is 11.5 Å². The summed E-state index contributed by atoms with van der Waals surface area (Å²) in [5.41, 5.74) is 0.870. The Balaban J connectivity index is 2.07. The maximum absolute atomic E-state index is 14.0. The fourth-order valence-electron chi connectivity index (χ4n) is 4.10. The number of carbonyl (C=O) groups is 2. The SMILES string of the molecule is CC[C@@H](C)NC(=O)[C@H](C)N(Cc1cccc(Cl)c1)C(=O)CN(c1ccccc1OC)S(=O)(=O)c1ccc(OC)cc1. The average molecular weight is 602 g/mol. The van der Waals surface area contributed by atoms with Crippen molar-refractivity contribution in [2.24, 2.45) is 0 Å². The second-order valence-electron chi connectivity index (χ2n) is 9.50. The van der Waals surface area contributed by atoms with Crippen LogP contribution in [0, 0.1) is 0 Å². The minimum atomic E-state index is -4.26. The normalized spacial score (nSPS) is 12.6. The zero-order valence-corrected chi connectivity index (χ0v) is 25.4. The number of halogens is 1. The van der Waals surface area contributed by atoms with E-state index < -0.39 is 28.5 Å². The summed E-state index contributed by atoms with van der Waals surface area (Å²) in [6.07, 6.45) is 0.711. The molecule has 0 saturated heterocycles. The molecule has 3 aromatic rings. The Bertz CT molecular complexity index is 1450. The first kappa shape index (κ1) is 31.8. The van der Waals surface area contributed by atoms with E-state index in [1.807, 2.05) is 13.8 Å². The van der Waals surface area contributed by atoms with Gasteiger partial charge >= 0.3 is 0 Å². The summed E-state index contributed by atoms with van der Waals surface area (Å²) < 4.78 is 39.7. The maximum Gasteiger partial charge on any atom is 0.264 e. The molecule has 3 aromatic carbocycles. The Kier molecular flexibility index (Phi) is 11.0. The van der Waals surface area contributed by atoms with E-state index in [1.165, 1.54) is 43.4 Å². The van der Waals surface area contributed by atoms with Crippen molar-refractivity contribution in [3.8, 4) is 11.5 Å². The lowest BCUT2D eigenvalue weighted by atomic mass is 10.1. The fraction of sp³-hybridized carbons (Fsp3) is 0.333. The molecule has 220 valence electrons. The molecular weight excluding hydrogens is 566 g/mol. The molecule has 0 saturated carbocycles. The quantitative estimate of drug-likeness (QED) is 0.299. The van der Waals surface area contributed by atoms with Gasteiger partial charge in [-0.05, 0) is 74.4 Å². The summed E-state index contributed by atoms with van der Waals surface area (Å²) in [6.45, 7) is 4.89. The zero-order valence-electron chi connectivity index (χ0n) is 23.8. The van der Waals surface area contributed by atoms with E-state index in [0.29, 0.717) is 22.8 Å². The van der Waals surface area contributed by atoms with E-state index in [-0.39, 0.29) is 34.8 Å². The number of benzene rings is 3. The summed E-state index contributed by atoms with van der Waals surface area (Å²) in [4.78, 5) is 28.5. The predicted molar refractivity (Wildman–Crippen MR) is 160 cm³/mol. The largest absolute Gasteiger partial charge is 0.497 e. The van der Waals surface area contributed by atoms with Gasteiger partial charge in [0.05, 0.1) is 24.8 Å². The smallest absolute Gasteiger partial charge is 0.264 e. The third kappa shape index (κ3) is 7.92. The van der Waals surface area contributed by atoms with Gasteiger partial charge in [-0.15, -0.1) is 0 Å². The Morgan fingerprint density at radius 1 is 0.951 bits per heavy atom. The highest BCUT2D eigenvalue weighted by atomic mass is 35.5. The van der Waals surface area contributed by atoms with Crippen molar-refractivity contribution < 1.29 is 27.5 Å². The van der Waals surface area contributed by atoms with Crippen LogP contribution in [0.1, 0.15) is 32.8 Å². The van der Waals surface area contributed by atoms with E-state index in [4.69, 9.17) is 21.1 Å². The van der Waals surface area contributed by atoms with Crippen LogP contribution in [0.2, 0.25) is 5.02 Å². The number of nitrogens with one attached hydrogen (secondary N) is 1. The van der Waals surface area contributed by atoms with Gasteiger partial charge in [-0.2, -0.15) is 0 Å². The minimum absolute atomic E-state index is 0.0385. The van der Waals surface area contributed by atoms with Crippen molar-refractivity contribution in [1.29, 1.82) is 0 Å². The number of hydrogen-bond acceptors (Lipinski definition) is 6. The Hall–Kier alpha value is -3.76. The first-order valence-corrected chi connectivity index (χ1v) is 15.0. The summed E-state index contributed by atoms with van der Waals surface area (Å²) in [5, 5.41) is 3.39. The molecule has 11 heteroatoms. The number of carbonyl (C=O) groups excluding carboxylic acids is 2. The van der Waals surface area contributed by atoms with Crippen molar-refractivity contribution >= 4 is 39.1 Å². The van der Waals surface area contributed by atoms with E-state index in [1.54, 1.807) is 55.5 Å². The first-order valence-electron chi connectivity index (χ1n) is 13.2. The van der Waals surface area contributed by atoms with Crippen LogP contribution < -0.4 is 19.1 Å². The molecule has 9 nitrogen and oxygen atoms in total. The number of amides is 2. The molecule has 2 amide bonds. The number of rotatable bonds is 13. The van der Waals surface area contributed by atoms with E-state index in [2.05, 4.69) is 5.32 Å². The van der Waals surface area contributed by atoms with Gasteiger partial charge in [-0.25, -0.2) is 8.42 Å². The lowest BCUT2D eigenvalue weighted by molar-refractivity contribution is -0.139. The monoisotopic (exact) mass is 601 g/mol. The minimum Gasteiger partial charge on any atom is -0.497 e. The van der Waals surface area contributed by atoms with Gasteiger partial charge in [0.2, 0.25) is 11.8 Å². The summed E-state index contributed by atoms with van der Waals surface area (Å²) in [6, 6.07) is 18.4. The summed E-state index contributed by atoms with van der Waals surface area (Å²) in [5.74, 6) is -0.185. The highest BCUT2D eigenvalue weighted by Gasteiger charge is 2.34. The molecule has 0 unspecified atom stereocenters. The number of para-hydroxylation sites is 2. The second-order valence-corrected chi connectivity index (χ2v) is 11.8. The van der Waals surface area contributed by atoms with Crippen LogP contribution in [-0.4, -0.2) is 58.0 Å². The molecule has 0 aromatic heterocycles. The van der Waals surface area contributed by atoms with E-state index in [0.717, 1.165) is 4.31 Å². The van der Waals surface area contributed by atoms with Gasteiger partial charge in [0, 0.05) is 17.6 Å². The molecule has 0 aliphatic heterocycles. The topological polar surface area (TPSA) is 105 Å². The summed E-state index contributed by atoms with van der Waals surface area (Å²) in [7, 11) is -1.36. The van der Waals surface area contributed by atoms with Gasteiger partial charge in [-0.1, -0.05) is 42.8 Å². The van der Waals surface area contributed by atoms with Crippen molar-refractivity contribution in [3.05, 3.63) is 83.4 Å². The highest BCUT2D eigenvalue weighted by molar-refractivity contribution is 7.92. The molecular formula is C30H36ClN3O6S. The second kappa shape index (κ2) is 14.2. The van der Waals surface area contributed by atoms with Crippen LogP contribution in [0.3, 0.4) is 0 Å². The van der Waals surface area contributed by atoms with Crippen LogP contribution >= 0.6 is 11.6 Å². The summed E-state index contributed by atoms with van der Waals surface area (Å²) >= 11 is 6.19. The number of methoxy groups -OCH3 is 2. The Morgan fingerprint density at radius 2 is 1.63 bits per heavy atom. The van der Waals surface area contributed by atoms with Crippen molar-refractivity contribution in [2.75, 3.05) is 25.1 Å². The Morgan fingerprint density at radius 3 is 2.24 bits per heavy atom. The van der Waals surface area contributed by atoms with Crippen LogP contribution in [0.15, 0.2) is 77.7 Å². The van der Waals surface area contributed by atoms with E-state index in [9.17, 15) is 18.0 Å². The number of sulfonamides is 1. The highest BCUT2D eigenvalue weighted by Crippen LogP contribution is 2.33. The molecule has 0 fully saturated rings. The third-order valence-corrected chi connectivity index (χ3v) is 8.70. The van der Waals surface area contributed by atoms with Crippen LogP contribution in [-0.2, 0) is 26.2 Å². The van der Waals surface area contributed by atoms with Crippen molar-refractivity contribution in [2.45, 2.75) is 50.7 Å². The fourth-order valence-corrected chi connectivity index (χ4v) is 5.74. The Labute approximate surface area is 247 Å². The molecule has 0 bridgehead atoms. The molecule has 0 aliphatic rings. The van der Waals surface area contributed by atoms with Crippen molar-refractivity contribution in [1.82, 2.24) is 10.2 Å². The van der Waals surface area contributed by atoms with Gasteiger partial charge < -0.3 is 19.7 Å². The molecule has 0 heterocycles. The van der Waals surface area contributed by atoms with Crippen molar-refractivity contribution in [3.63, 3.8) is 0 Å². The van der Waals surface area contributed by atoms with Crippen LogP contribution in [0.4, 0.5) is 5.69 Å².